The van der Waals surface area contributed by atoms with E-state index < -0.39 is 23.9 Å². The van der Waals surface area contributed by atoms with Crippen LogP contribution in [0.25, 0.3) is 0 Å². The maximum atomic E-state index is 11.4. The van der Waals surface area contributed by atoms with Crippen LogP contribution in [0.3, 0.4) is 0 Å². The second-order valence-electron chi connectivity index (χ2n) is 5.84. The predicted octanol–water partition coefficient (Wildman–Crippen LogP) is 0.311. The fourth-order valence-corrected chi connectivity index (χ4v) is 1.69. The number of hydrogen-bond donors (Lipinski definition) is 4. The first-order chi connectivity index (χ1) is 9.61. The molecule has 2 atom stereocenters. The Morgan fingerprint density at radius 1 is 1.52 bits per heavy atom. The fourth-order valence-electron chi connectivity index (χ4n) is 1.69. The monoisotopic (exact) mass is 300 g/mol. The molecule has 5 N–H and O–H groups in total. The number of nitrogens with one attached hydrogen (secondary N) is 1. The zero-order valence-electron chi connectivity index (χ0n) is 12.8. The Labute approximate surface area is 123 Å². The van der Waals surface area contributed by atoms with Gasteiger partial charge < -0.3 is 26.0 Å². The number of hydrogen-bond acceptors (Lipinski definition) is 6. The van der Waals surface area contributed by atoms with Crippen molar-refractivity contribution in [3.05, 3.63) is 11.8 Å². The van der Waals surface area contributed by atoms with E-state index in [2.05, 4.69) is 10.4 Å². The number of nitrogens with zero attached hydrogens (tertiary/aromatic N) is 2. The molecule has 0 fully saturated rings. The van der Waals surface area contributed by atoms with Gasteiger partial charge in [-0.05, 0) is 27.2 Å². The predicted molar refractivity (Wildman–Crippen MR) is 77.4 cm³/mol. The minimum atomic E-state index is -1.15. The number of carbonyl (C=O) groups excluding carboxylic acids is 1. The molecule has 1 amide bonds. The average molecular weight is 300 g/mol. The number of aliphatic hydroxyl groups is 2. The van der Waals surface area contributed by atoms with E-state index in [1.54, 1.807) is 27.8 Å². The molecule has 21 heavy (non-hydrogen) atoms. The van der Waals surface area contributed by atoms with E-state index in [9.17, 15) is 15.0 Å². The number of rotatable bonds is 5. The smallest absolute Gasteiger partial charge is 0.407 e. The third-order valence-corrected chi connectivity index (χ3v) is 2.81. The second-order valence-corrected chi connectivity index (χ2v) is 5.84. The highest BCUT2D eigenvalue weighted by atomic mass is 16.6. The van der Waals surface area contributed by atoms with Crippen LogP contribution in [0, 0.1) is 0 Å². The Kier molecular flexibility index (Phi) is 5.56. The van der Waals surface area contributed by atoms with Crippen molar-refractivity contribution in [3.63, 3.8) is 0 Å². The number of alkyl carbamates (subject to hydrolysis) is 1. The maximum Gasteiger partial charge on any atom is 0.407 e. The van der Waals surface area contributed by atoms with Crippen LogP contribution >= 0.6 is 0 Å². The Hall–Kier alpha value is -1.80. The summed E-state index contributed by atoms with van der Waals surface area (Å²) in [6, 6.07) is 0. The molecule has 0 aliphatic rings. The molecular formula is C13H24N4O4. The SMILES string of the molecule is Cn1ncc(C(O)C(O)CCNC(=O)OC(C)(C)C)c1N. The minimum absolute atomic E-state index is 0.161. The summed E-state index contributed by atoms with van der Waals surface area (Å²) in [5.74, 6) is 0.293. The first-order valence-corrected chi connectivity index (χ1v) is 6.72. The summed E-state index contributed by atoms with van der Waals surface area (Å²) in [4.78, 5) is 11.4. The van der Waals surface area contributed by atoms with Crippen LogP contribution < -0.4 is 11.1 Å². The van der Waals surface area contributed by atoms with Gasteiger partial charge in [-0.1, -0.05) is 0 Å². The van der Waals surface area contributed by atoms with E-state index in [4.69, 9.17) is 10.5 Å². The highest BCUT2D eigenvalue weighted by Gasteiger charge is 2.23. The number of aromatic nitrogens is 2. The quantitative estimate of drug-likeness (QED) is 0.621. The van der Waals surface area contributed by atoms with Crippen LogP contribution in [0.1, 0.15) is 38.9 Å². The molecule has 0 bridgehead atoms. The fraction of sp³-hybridized carbons (Fsp3) is 0.692. The third kappa shape index (κ3) is 5.24. The molecule has 0 saturated carbocycles. The molecule has 0 aromatic carbocycles. The van der Waals surface area contributed by atoms with Gasteiger partial charge in [-0.3, -0.25) is 4.68 Å². The minimum Gasteiger partial charge on any atom is -0.444 e. The zero-order chi connectivity index (χ0) is 16.2. The van der Waals surface area contributed by atoms with Crippen molar-refractivity contribution in [2.45, 2.75) is 45.0 Å². The highest BCUT2D eigenvalue weighted by Crippen LogP contribution is 2.23. The number of ether oxygens (including phenoxy) is 1. The van der Waals surface area contributed by atoms with E-state index in [0.29, 0.717) is 11.4 Å². The van der Waals surface area contributed by atoms with E-state index in [-0.39, 0.29) is 13.0 Å². The van der Waals surface area contributed by atoms with Crippen molar-refractivity contribution in [2.75, 3.05) is 12.3 Å². The van der Waals surface area contributed by atoms with Gasteiger partial charge in [-0.25, -0.2) is 4.79 Å². The van der Waals surface area contributed by atoms with Crippen LogP contribution in [-0.2, 0) is 11.8 Å². The van der Waals surface area contributed by atoms with Crippen LogP contribution in [-0.4, -0.2) is 44.3 Å². The molecule has 1 aromatic heterocycles. The number of nitrogens with two attached hydrogens (primary N) is 1. The number of anilines is 1. The lowest BCUT2D eigenvalue weighted by Crippen LogP contribution is -2.34. The zero-order valence-corrected chi connectivity index (χ0v) is 12.8. The Balaban J connectivity index is 2.42. The van der Waals surface area contributed by atoms with Gasteiger partial charge >= 0.3 is 6.09 Å². The molecule has 0 saturated heterocycles. The molecule has 0 aliphatic heterocycles. The molecule has 8 nitrogen and oxygen atoms in total. The Morgan fingerprint density at radius 3 is 2.62 bits per heavy atom. The third-order valence-electron chi connectivity index (χ3n) is 2.81. The van der Waals surface area contributed by atoms with Gasteiger partial charge in [0.05, 0.1) is 12.3 Å². The van der Waals surface area contributed by atoms with Crippen LogP contribution in [0.4, 0.5) is 10.6 Å². The number of aliphatic hydroxyl groups excluding tert-OH is 2. The van der Waals surface area contributed by atoms with E-state index in [1.165, 1.54) is 10.9 Å². The topological polar surface area (TPSA) is 123 Å². The van der Waals surface area contributed by atoms with E-state index in [0.717, 1.165) is 0 Å². The molecule has 0 spiro atoms. The first-order valence-electron chi connectivity index (χ1n) is 6.72. The summed E-state index contributed by atoms with van der Waals surface area (Å²) in [5.41, 5.74) is 5.51. The van der Waals surface area contributed by atoms with Crippen molar-refractivity contribution in [2.24, 2.45) is 7.05 Å². The van der Waals surface area contributed by atoms with Crippen LogP contribution in [0.2, 0.25) is 0 Å². The van der Waals surface area contributed by atoms with Gasteiger partial charge in [0.1, 0.15) is 17.5 Å². The molecule has 8 heteroatoms. The molecule has 0 radical (unpaired) electrons. The van der Waals surface area contributed by atoms with Gasteiger partial charge in [-0.15, -0.1) is 0 Å². The standard InChI is InChI=1S/C13H24N4O4/c1-13(2,3)21-12(20)15-6-5-9(18)10(19)8-7-16-17(4)11(8)14/h7,9-10,18-19H,5-6,14H2,1-4H3,(H,15,20). The van der Waals surface area contributed by atoms with Gasteiger partial charge in [0, 0.05) is 19.2 Å². The summed E-state index contributed by atoms with van der Waals surface area (Å²) in [6.07, 6.45) is -1.21. The number of nitrogen functional groups attached to an aromatic ring is 1. The second kappa shape index (κ2) is 6.77. The maximum absolute atomic E-state index is 11.4. The summed E-state index contributed by atoms with van der Waals surface area (Å²) >= 11 is 0. The van der Waals surface area contributed by atoms with E-state index >= 15 is 0 Å². The van der Waals surface area contributed by atoms with Gasteiger partial charge in [-0.2, -0.15) is 5.10 Å². The van der Waals surface area contributed by atoms with Crippen molar-refractivity contribution in [1.29, 1.82) is 0 Å². The van der Waals surface area contributed by atoms with Crippen molar-refractivity contribution >= 4 is 11.9 Å². The van der Waals surface area contributed by atoms with Crippen molar-refractivity contribution in [3.8, 4) is 0 Å². The van der Waals surface area contributed by atoms with Gasteiger partial charge in [0.15, 0.2) is 0 Å². The lowest BCUT2D eigenvalue weighted by molar-refractivity contribution is 0.0127. The van der Waals surface area contributed by atoms with Crippen molar-refractivity contribution < 1.29 is 19.7 Å². The normalized spacial score (nSPS) is 14.6. The summed E-state index contributed by atoms with van der Waals surface area (Å²) < 4.78 is 6.47. The molecule has 1 aromatic rings. The molecule has 0 aliphatic carbocycles. The first kappa shape index (κ1) is 17.3. The molecule has 1 rings (SSSR count). The van der Waals surface area contributed by atoms with Crippen molar-refractivity contribution in [1.82, 2.24) is 15.1 Å². The molecule has 120 valence electrons. The number of amides is 1. The molecule has 2 unspecified atom stereocenters. The molecular weight excluding hydrogens is 276 g/mol. The average Bonchev–Trinajstić information content (AvgIpc) is 2.66. The number of aryl methyl sites for hydroxylation is 1. The summed E-state index contributed by atoms with van der Waals surface area (Å²) in [7, 11) is 1.64. The Morgan fingerprint density at radius 2 is 2.14 bits per heavy atom. The lowest BCUT2D eigenvalue weighted by atomic mass is 10.0. The van der Waals surface area contributed by atoms with Crippen LogP contribution in [0.15, 0.2) is 6.20 Å². The molecule has 1 heterocycles. The van der Waals surface area contributed by atoms with E-state index in [1.807, 2.05) is 0 Å². The Bertz CT molecular complexity index is 481. The number of carbonyl (C=O) groups is 1. The van der Waals surface area contributed by atoms with Crippen LogP contribution in [0.5, 0.6) is 0 Å². The summed E-state index contributed by atoms with van der Waals surface area (Å²) in [5, 5.41) is 26.3. The van der Waals surface area contributed by atoms with Gasteiger partial charge in [0.2, 0.25) is 0 Å². The van der Waals surface area contributed by atoms with Gasteiger partial charge in [0.25, 0.3) is 0 Å². The lowest BCUT2D eigenvalue weighted by Gasteiger charge is -2.21. The largest absolute Gasteiger partial charge is 0.444 e. The summed E-state index contributed by atoms with van der Waals surface area (Å²) in [6.45, 7) is 5.45. The highest BCUT2D eigenvalue weighted by molar-refractivity contribution is 5.67.